The van der Waals surface area contributed by atoms with Gasteiger partial charge in [0, 0.05) is 11.1 Å². The summed E-state index contributed by atoms with van der Waals surface area (Å²) in [6.45, 7) is 0. The van der Waals surface area contributed by atoms with E-state index in [4.69, 9.17) is 0 Å². The quantitative estimate of drug-likeness (QED) is 0.621. The summed E-state index contributed by atoms with van der Waals surface area (Å²) in [5.74, 6) is 13.5. The summed E-state index contributed by atoms with van der Waals surface area (Å²) >= 11 is 0. The van der Waals surface area contributed by atoms with Gasteiger partial charge in [0.1, 0.15) is 0 Å². The second-order valence-electron chi connectivity index (χ2n) is 6.20. The van der Waals surface area contributed by atoms with Crippen LogP contribution >= 0.6 is 0 Å². The molecular weight excluding hydrogens is 314 g/mol. The van der Waals surface area contributed by atoms with Crippen molar-refractivity contribution in [3.8, 4) is 23.7 Å². The van der Waals surface area contributed by atoms with Crippen molar-refractivity contribution >= 4 is 0 Å². The third-order valence-electron chi connectivity index (χ3n) is 4.19. The van der Waals surface area contributed by atoms with Gasteiger partial charge in [0.25, 0.3) is 0 Å². The molecule has 0 unspecified atom stereocenters. The Kier molecular flexibility index (Phi) is 5.55. The Morgan fingerprint density at radius 2 is 0.962 bits per heavy atom. The van der Waals surface area contributed by atoms with Crippen molar-refractivity contribution in [2.45, 2.75) is 5.54 Å². The second kappa shape index (κ2) is 8.21. The maximum atomic E-state index is 3.44. The zero-order valence-electron chi connectivity index (χ0n) is 15.1. The molecular formula is C25H21N. The van der Waals surface area contributed by atoms with Gasteiger partial charge in [-0.1, -0.05) is 90.4 Å². The Morgan fingerprint density at radius 1 is 0.577 bits per heavy atom. The molecule has 0 bridgehead atoms. The highest BCUT2D eigenvalue weighted by Crippen LogP contribution is 2.25. The molecule has 0 spiro atoms. The fourth-order valence-electron chi connectivity index (χ4n) is 2.70. The van der Waals surface area contributed by atoms with Crippen molar-refractivity contribution in [1.82, 2.24) is 4.90 Å². The second-order valence-corrected chi connectivity index (χ2v) is 6.20. The lowest BCUT2D eigenvalue weighted by Gasteiger charge is -2.30. The Labute approximate surface area is 156 Å². The van der Waals surface area contributed by atoms with E-state index in [0.717, 1.165) is 16.7 Å². The van der Waals surface area contributed by atoms with Crippen molar-refractivity contribution in [2.75, 3.05) is 14.1 Å². The minimum atomic E-state index is -0.688. The van der Waals surface area contributed by atoms with Crippen LogP contribution in [0, 0.1) is 23.7 Å². The van der Waals surface area contributed by atoms with Gasteiger partial charge in [-0.2, -0.15) is 0 Å². The van der Waals surface area contributed by atoms with Crippen LogP contribution in [0.3, 0.4) is 0 Å². The molecule has 0 heterocycles. The van der Waals surface area contributed by atoms with Gasteiger partial charge < -0.3 is 0 Å². The first-order chi connectivity index (χ1) is 12.7. The van der Waals surface area contributed by atoms with Crippen LogP contribution in [0.15, 0.2) is 91.0 Å². The number of nitrogens with zero attached hydrogens (tertiary/aromatic N) is 1. The van der Waals surface area contributed by atoms with Gasteiger partial charge in [-0.15, -0.1) is 0 Å². The summed E-state index contributed by atoms with van der Waals surface area (Å²) in [6, 6.07) is 30.3. The summed E-state index contributed by atoms with van der Waals surface area (Å²) in [5.41, 5.74) is 2.34. The normalized spacial score (nSPS) is 10.4. The first-order valence-electron chi connectivity index (χ1n) is 8.60. The van der Waals surface area contributed by atoms with Crippen LogP contribution in [-0.4, -0.2) is 19.0 Å². The van der Waals surface area contributed by atoms with Crippen molar-refractivity contribution in [1.29, 1.82) is 0 Å². The van der Waals surface area contributed by atoms with E-state index in [1.165, 1.54) is 0 Å². The molecule has 3 aromatic rings. The zero-order valence-corrected chi connectivity index (χ0v) is 15.1. The molecule has 0 aromatic heterocycles. The SMILES string of the molecule is CN(C)C(C#Cc1ccccc1)(C#Cc1ccccc1)c1ccccc1. The van der Waals surface area contributed by atoms with E-state index in [1.54, 1.807) is 0 Å². The standard InChI is InChI=1S/C25H21N/c1-26(2)25(24-16-10-5-11-17-24,20-18-22-12-6-3-7-13-22)21-19-23-14-8-4-9-15-23/h3-17H,1-2H3. The summed E-state index contributed by atoms with van der Waals surface area (Å²) < 4.78 is 0. The molecule has 0 aliphatic heterocycles. The van der Waals surface area contributed by atoms with Crippen LogP contribution in [0.2, 0.25) is 0 Å². The van der Waals surface area contributed by atoms with E-state index in [9.17, 15) is 0 Å². The van der Waals surface area contributed by atoms with E-state index in [-0.39, 0.29) is 0 Å². The lowest BCUT2D eigenvalue weighted by molar-refractivity contribution is 0.289. The predicted octanol–water partition coefficient (Wildman–Crippen LogP) is 4.55. The maximum Gasteiger partial charge on any atom is 0.170 e. The molecule has 126 valence electrons. The van der Waals surface area contributed by atoms with Crippen LogP contribution in [0.4, 0.5) is 0 Å². The van der Waals surface area contributed by atoms with E-state index < -0.39 is 5.54 Å². The van der Waals surface area contributed by atoms with Crippen LogP contribution in [0.25, 0.3) is 0 Å². The Balaban J connectivity index is 2.14. The topological polar surface area (TPSA) is 3.24 Å². The van der Waals surface area contributed by atoms with E-state index >= 15 is 0 Å². The molecule has 0 radical (unpaired) electrons. The van der Waals surface area contributed by atoms with Crippen molar-refractivity contribution in [3.05, 3.63) is 108 Å². The third-order valence-corrected chi connectivity index (χ3v) is 4.19. The van der Waals surface area contributed by atoms with E-state index in [2.05, 4.69) is 40.7 Å². The lowest BCUT2D eigenvalue weighted by atomic mass is 9.89. The molecule has 3 rings (SSSR count). The monoisotopic (exact) mass is 335 g/mol. The summed E-state index contributed by atoms with van der Waals surface area (Å²) in [6.07, 6.45) is 0. The number of benzene rings is 3. The van der Waals surface area contributed by atoms with Gasteiger partial charge in [-0.05, 0) is 43.9 Å². The fraction of sp³-hybridized carbons (Fsp3) is 0.120. The van der Waals surface area contributed by atoms with Crippen LogP contribution in [0.5, 0.6) is 0 Å². The minimum absolute atomic E-state index is 0.688. The van der Waals surface area contributed by atoms with Crippen LogP contribution in [-0.2, 0) is 5.54 Å². The van der Waals surface area contributed by atoms with Gasteiger partial charge in [-0.3, -0.25) is 4.90 Å². The van der Waals surface area contributed by atoms with Crippen LogP contribution < -0.4 is 0 Å². The van der Waals surface area contributed by atoms with E-state index in [1.807, 2.05) is 93.0 Å². The summed E-state index contributed by atoms with van der Waals surface area (Å²) in [5, 5.41) is 0. The highest BCUT2D eigenvalue weighted by molar-refractivity contribution is 5.50. The average Bonchev–Trinajstić information content (AvgIpc) is 2.70. The highest BCUT2D eigenvalue weighted by atomic mass is 15.1. The van der Waals surface area contributed by atoms with Gasteiger partial charge in [0.15, 0.2) is 5.54 Å². The fourth-order valence-corrected chi connectivity index (χ4v) is 2.70. The molecule has 0 amide bonds. The zero-order chi connectivity index (χ0) is 18.2. The third kappa shape index (κ3) is 4.04. The molecule has 0 saturated heterocycles. The number of rotatable bonds is 2. The highest BCUT2D eigenvalue weighted by Gasteiger charge is 2.30. The first kappa shape index (κ1) is 17.6. The van der Waals surface area contributed by atoms with Gasteiger partial charge in [0.2, 0.25) is 0 Å². The predicted molar refractivity (Wildman–Crippen MR) is 108 cm³/mol. The Hall–Kier alpha value is -3.26. The van der Waals surface area contributed by atoms with Crippen molar-refractivity contribution in [3.63, 3.8) is 0 Å². The van der Waals surface area contributed by atoms with Gasteiger partial charge in [-0.25, -0.2) is 0 Å². The smallest absolute Gasteiger partial charge is 0.170 e. The summed E-state index contributed by atoms with van der Waals surface area (Å²) in [7, 11) is 4.04. The Morgan fingerprint density at radius 3 is 1.35 bits per heavy atom. The molecule has 0 fully saturated rings. The minimum Gasteiger partial charge on any atom is -0.280 e. The molecule has 0 aliphatic carbocycles. The maximum absolute atomic E-state index is 3.44. The molecule has 0 aliphatic rings. The molecule has 0 atom stereocenters. The van der Waals surface area contributed by atoms with E-state index in [0.29, 0.717) is 0 Å². The van der Waals surface area contributed by atoms with Crippen LogP contribution in [0.1, 0.15) is 16.7 Å². The molecule has 1 nitrogen and oxygen atoms in total. The molecule has 3 aromatic carbocycles. The largest absolute Gasteiger partial charge is 0.280 e. The molecule has 1 heteroatoms. The summed E-state index contributed by atoms with van der Waals surface area (Å²) in [4.78, 5) is 2.08. The molecule has 26 heavy (non-hydrogen) atoms. The van der Waals surface area contributed by atoms with Gasteiger partial charge in [0.05, 0.1) is 0 Å². The average molecular weight is 335 g/mol. The van der Waals surface area contributed by atoms with Crippen molar-refractivity contribution in [2.24, 2.45) is 0 Å². The first-order valence-corrected chi connectivity index (χ1v) is 8.60. The number of hydrogen-bond acceptors (Lipinski definition) is 1. The van der Waals surface area contributed by atoms with Gasteiger partial charge >= 0.3 is 0 Å². The molecule has 0 N–H and O–H groups in total. The van der Waals surface area contributed by atoms with Crippen molar-refractivity contribution < 1.29 is 0 Å². The molecule has 0 saturated carbocycles. The lowest BCUT2D eigenvalue weighted by Crippen LogP contribution is -2.39. The number of hydrogen-bond donors (Lipinski definition) is 0. The Bertz CT molecular complexity index is 892.